The zero-order valence-electron chi connectivity index (χ0n) is 8.63. The van der Waals surface area contributed by atoms with Gasteiger partial charge < -0.3 is 5.32 Å². The number of rotatable bonds is 4. The van der Waals surface area contributed by atoms with Crippen molar-refractivity contribution in [3.63, 3.8) is 0 Å². The van der Waals surface area contributed by atoms with Crippen LogP contribution >= 0.6 is 31.9 Å². The highest BCUT2D eigenvalue weighted by molar-refractivity contribution is 9.11. The Labute approximate surface area is 114 Å². The summed E-state index contributed by atoms with van der Waals surface area (Å²) in [5.74, 6) is 0.313. The molecular weight excluding hydrogens is 358 g/mol. The standard InChI is InChI=1S/C10H11Br2NO2S/c1-16(15)3-2-13-10(14)7-4-8(11)6-9(12)5-7/h4-6H,2-3H2,1H3,(H,13,14). The maximum Gasteiger partial charge on any atom is 0.251 e. The Bertz CT molecular complexity index is 403. The Balaban J connectivity index is 2.62. The van der Waals surface area contributed by atoms with Crippen LogP contribution in [0.4, 0.5) is 0 Å². The van der Waals surface area contributed by atoms with Crippen molar-refractivity contribution in [3.05, 3.63) is 32.7 Å². The first kappa shape index (κ1) is 13.9. The van der Waals surface area contributed by atoms with E-state index in [9.17, 15) is 9.00 Å². The third-order valence-electron chi connectivity index (χ3n) is 1.80. The maximum absolute atomic E-state index is 11.7. The summed E-state index contributed by atoms with van der Waals surface area (Å²) in [6, 6.07) is 5.34. The Kier molecular flexibility index (Phi) is 5.64. The van der Waals surface area contributed by atoms with E-state index < -0.39 is 10.8 Å². The van der Waals surface area contributed by atoms with E-state index in [-0.39, 0.29) is 5.91 Å². The second kappa shape index (κ2) is 6.51. The minimum atomic E-state index is -0.880. The van der Waals surface area contributed by atoms with Crippen LogP contribution < -0.4 is 5.32 Å². The topological polar surface area (TPSA) is 46.2 Å². The number of hydrogen-bond acceptors (Lipinski definition) is 2. The van der Waals surface area contributed by atoms with Crippen LogP contribution in [0.15, 0.2) is 27.1 Å². The molecule has 3 nitrogen and oxygen atoms in total. The molecule has 0 fully saturated rings. The molecule has 1 N–H and O–H groups in total. The van der Waals surface area contributed by atoms with E-state index in [0.717, 1.165) is 8.95 Å². The Morgan fingerprint density at radius 1 is 1.31 bits per heavy atom. The highest BCUT2D eigenvalue weighted by atomic mass is 79.9. The van der Waals surface area contributed by atoms with Crippen molar-refractivity contribution in [2.24, 2.45) is 0 Å². The summed E-state index contributed by atoms with van der Waals surface area (Å²) in [7, 11) is -0.880. The van der Waals surface area contributed by atoms with Gasteiger partial charge >= 0.3 is 0 Å². The number of amides is 1. The molecule has 88 valence electrons. The number of benzene rings is 1. The SMILES string of the molecule is CS(=O)CCNC(=O)c1cc(Br)cc(Br)c1. The van der Waals surface area contributed by atoms with Crippen molar-refractivity contribution < 1.29 is 9.00 Å². The lowest BCUT2D eigenvalue weighted by Crippen LogP contribution is -2.27. The molecule has 0 aliphatic rings. The zero-order chi connectivity index (χ0) is 12.1. The van der Waals surface area contributed by atoms with Crippen molar-refractivity contribution in [2.45, 2.75) is 0 Å². The second-order valence-electron chi connectivity index (χ2n) is 3.19. The molecule has 1 unspecified atom stereocenters. The van der Waals surface area contributed by atoms with Gasteiger partial charge in [0.2, 0.25) is 0 Å². The van der Waals surface area contributed by atoms with E-state index in [4.69, 9.17) is 0 Å². The molecule has 0 radical (unpaired) electrons. The first-order chi connectivity index (χ1) is 7.49. The first-order valence-corrected chi connectivity index (χ1v) is 7.84. The lowest BCUT2D eigenvalue weighted by atomic mass is 10.2. The zero-order valence-corrected chi connectivity index (χ0v) is 12.6. The number of nitrogens with one attached hydrogen (secondary N) is 1. The van der Waals surface area contributed by atoms with Gasteiger partial charge in [0, 0.05) is 43.9 Å². The van der Waals surface area contributed by atoms with Crippen LogP contribution in [-0.4, -0.2) is 28.7 Å². The Morgan fingerprint density at radius 2 is 1.88 bits per heavy atom. The van der Waals surface area contributed by atoms with E-state index in [0.29, 0.717) is 17.9 Å². The molecule has 0 saturated carbocycles. The molecule has 0 aliphatic carbocycles. The summed E-state index contributed by atoms with van der Waals surface area (Å²) in [6.07, 6.45) is 1.61. The molecule has 1 atom stereocenters. The van der Waals surface area contributed by atoms with Gasteiger partial charge in [0.25, 0.3) is 5.91 Å². The van der Waals surface area contributed by atoms with Crippen LogP contribution in [-0.2, 0) is 10.8 Å². The number of halogens is 2. The summed E-state index contributed by atoms with van der Waals surface area (Å²) < 4.78 is 12.5. The van der Waals surface area contributed by atoms with E-state index in [2.05, 4.69) is 37.2 Å². The largest absolute Gasteiger partial charge is 0.351 e. The normalized spacial score (nSPS) is 12.2. The summed E-state index contributed by atoms with van der Waals surface area (Å²) in [6.45, 7) is 0.423. The molecule has 16 heavy (non-hydrogen) atoms. The van der Waals surface area contributed by atoms with Gasteiger partial charge in [-0.2, -0.15) is 0 Å². The average Bonchev–Trinajstić information content (AvgIpc) is 2.15. The smallest absolute Gasteiger partial charge is 0.251 e. The van der Waals surface area contributed by atoms with Crippen LogP contribution in [0, 0.1) is 0 Å². The minimum Gasteiger partial charge on any atom is -0.351 e. The summed E-state index contributed by atoms with van der Waals surface area (Å²) in [4.78, 5) is 11.7. The Morgan fingerprint density at radius 3 is 2.38 bits per heavy atom. The molecule has 0 saturated heterocycles. The van der Waals surface area contributed by atoms with Crippen molar-refractivity contribution in [1.29, 1.82) is 0 Å². The predicted molar refractivity (Wildman–Crippen MR) is 73.1 cm³/mol. The second-order valence-corrected chi connectivity index (χ2v) is 6.58. The number of carbonyl (C=O) groups excluding carboxylic acids is 1. The van der Waals surface area contributed by atoms with E-state index >= 15 is 0 Å². The monoisotopic (exact) mass is 367 g/mol. The summed E-state index contributed by atoms with van der Waals surface area (Å²) in [5.41, 5.74) is 0.572. The molecule has 0 aliphatic heterocycles. The van der Waals surface area contributed by atoms with E-state index in [1.165, 1.54) is 0 Å². The number of hydrogen-bond donors (Lipinski definition) is 1. The highest BCUT2D eigenvalue weighted by Crippen LogP contribution is 2.19. The third kappa shape index (κ3) is 4.76. The van der Waals surface area contributed by atoms with Gasteiger partial charge in [-0.15, -0.1) is 0 Å². The molecule has 0 aromatic heterocycles. The first-order valence-electron chi connectivity index (χ1n) is 4.53. The molecule has 0 heterocycles. The molecule has 0 spiro atoms. The van der Waals surface area contributed by atoms with Crippen molar-refractivity contribution in [1.82, 2.24) is 5.32 Å². The van der Waals surface area contributed by atoms with Crippen molar-refractivity contribution in [2.75, 3.05) is 18.6 Å². The van der Waals surface area contributed by atoms with E-state index in [1.807, 2.05) is 6.07 Å². The van der Waals surface area contributed by atoms with Crippen LogP contribution in [0.1, 0.15) is 10.4 Å². The van der Waals surface area contributed by atoms with Crippen LogP contribution in [0.5, 0.6) is 0 Å². The van der Waals surface area contributed by atoms with Crippen LogP contribution in [0.3, 0.4) is 0 Å². The van der Waals surface area contributed by atoms with Gasteiger partial charge in [0.1, 0.15) is 0 Å². The molecular formula is C10H11Br2NO2S. The lowest BCUT2D eigenvalue weighted by molar-refractivity contribution is 0.0956. The van der Waals surface area contributed by atoms with Crippen molar-refractivity contribution >= 4 is 48.6 Å². The highest BCUT2D eigenvalue weighted by Gasteiger charge is 2.06. The summed E-state index contributed by atoms with van der Waals surface area (Å²) >= 11 is 6.63. The lowest BCUT2D eigenvalue weighted by Gasteiger charge is -2.05. The molecule has 1 amide bonds. The third-order valence-corrected chi connectivity index (χ3v) is 3.49. The quantitative estimate of drug-likeness (QED) is 0.886. The van der Waals surface area contributed by atoms with Gasteiger partial charge in [-0.3, -0.25) is 9.00 Å². The van der Waals surface area contributed by atoms with Crippen LogP contribution in [0.25, 0.3) is 0 Å². The maximum atomic E-state index is 11.7. The average molecular weight is 369 g/mol. The fraction of sp³-hybridized carbons (Fsp3) is 0.300. The minimum absolute atomic E-state index is 0.160. The molecule has 1 rings (SSSR count). The molecule has 1 aromatic carbocycles. The Hall–Kier alpha value is -0.200. The van der Waals surface area contributed by atoms with Gasteiger partial charge in [-0.25, -0.2) is 0 Å². The van der Waals surface area contributed by atoms with Gasteiger partial charge in [0.15, 0.2) is 0 Å². The fourth-order valence-corrected chi connectivity index (χ4v) is 2.78. The van der Waals surface area contributed by atoms with Gasteiger partial charge in [-0.05, 0) is 18.2 Å². The number of carbonyl (C=O) groups is 1. The van der Waals surface area contributed by atoms with Gasteiger partial charge in [0.05, 0.1) is 0 Å². The molecule has 0 bridgehead atoms. The van der Waals surface area contributed by atoms with Gasteiger partial charge in [-0.1, -0.05) is 31.9 Å². The fourth-order valence-electron chi connectivity index (χ4n) is 1.10. The van der Waals surface area contributed by atoms with E-state index in [1.54, 1.807) is 18.4 Å². The van der Waals surface area contributed by atoms with Crippen molar-refractivity contribution in [3.8, 4) is 0 Å². The molecule has 6 heteroatoms. The van der Waals surface area contributed by atoms with Crippen LogP contribution in [0.2, 0.25) is 0 Å². The predicted octanol–water partition coefficient (Wildman–Crippen LogP) is 2.32. The summed E-state index contributed by atoms with van der Waals surface area (Å²) in [5, 5.41) is 2.71. The molecule has 1 aromatic rings.